The maximum Gasteiger partial charge on any atom is 0.308 e. The molecule has 1 atom stereocenters. The van der Waals surface area contributed by atoms with Crippen molar-refractivity contribution in [3.05, 3.63) is 30.1 Å². The molecular weight excluding hydrogens is 232 g/mol. The summed E-state index contributed by atoms with van der Waals surface area (Å²) in [4.78, 5) is 28.7. The predicted molar refractivity (Wildman–Crippen MR) is 65.1 cm³/mol. The van der Waals surface area contributed by atoms with Gasteiger partial charge in [-0.25, -0.2) is 0 Å². The molecule has 1 heterocycles. The number of carbonyl (C=O) groups is 2. The van der Waals surface area contributed by atoms with Crippen LogP contribution in [-0.4, -0.2) is 39.5 Å². The summed E-state index contributed by atoms with van der Waals surface area (Å²) in [5.41, 5.74) is 0.564. The lowest BCUT2D eigenvalue weighted by molar-refractivity contribution is -0.141. The van der Waals surface area contributed by atoms with E-state index in [1.54, 1.807) is 36.4 Å². The molecule has 5 heteroatoms. The van der Waals surface area contributed by atoms with Gasteiger partial charge in [-0.15, -0.1) is 0 Å². The highest BCUT2D eigenvalue weighted by atomic mass is 16.4. The zero-order valence-electron chi connectivity index (χ0n) is 10.2. The van der Waals surface area contributed by atoms with E-state index < -0.39 is 11.9 Å². The number of carbonyl (C=O) groups excluding carboxylic acids is 1. The van der Waals surface area contributed by atoms with Gasteiger partial charge in [0.15, 0.2) is 0 Å². The number of rotatable bonds is 5. The van der Waals surface area contributed by atoms with Crippen molar-refractivity contribution in [2.24, 2.45) is 5.92 Å². The number of carboxylic acid groups (broad SMARTS) is 1. The first-order valence-electron chi connectivity index (χ1n) is 6.03. The number of hydrogen-bond acceptors (Lipinski definition) is 3. The highest BCUT2D eigenvalue weighted by molar-refractivity contribution is 5.94. The third-order valence-corrected chi connectivity index (χ3v) is 3.07. The van der Waals surface area contributed by atoms with Crippen LogP contribution in [0.2, 0.25) is 0 Å². The lowest BCUT2D eigenvalue weighted by Gasteiger charge is -2.24. The molecule has 0 unspecified atom stereocenters. The van der Waals surface area contributed by atoms with E-state index in [0.29, 0.717) is 5.56 Å². The van der Waals surface area contributed by atoms with Crippen molar-refractivity contribution in [3.8, 4) is 0 Å². The number of carboxylic acids is 1. The average molecular weight is 248 g/mol. The first kappa shape index (κ1) is 12.5. The Morgan fingerprint density at radius 3 is 2.56 bits per heavy atom. The highest BCUT2D eigenvalue weighted by Gasteiger charge is 2.34. The summed E-state index contributed by atoms with van der Waals surface area (Å²) in [5.74, 6) is -1.52. The average Bonchev–Trinajstić information content (AvgIpc) is 3.20. The second-order valence-electron chi connectivity index (χ2n) is 4.66. The van der Waals surface area contributed by atoms with E-state index in [1.807, 2.05) is 0 Å². The molecule has 5 nitrogen and oxygen atoms in total. The van der Waals surface area contributed by atoms with Crippen LogP contribution in [-0.2, 0) is 4.79 Å². The Morgan fingerprint density at radius 2 is 2.06 bits per heavy atom. The zero-order chi connectivity index (χ0) is 13.1. The van der Waals surface area contributed by atoms with Crippen LogP contribution in [0.4, 0.5) is 0 Å². The second kappa shape index (κ2) is 5.16. The standard InChI is InChI=1S/C13H16N2O3/c1-9(13(17)18)8-15(11-2-3-11)12(16)10-4-6-14-7-5-10/h4-7,9,11H,2-3,8H2,1H3,(H,17,18)/t9-/m1/s1. The van der Waals surface area contributed by atoms with Gasteiger partial charge in [-0.2, -0.15) is 0 Å². The minimum Gasteiger partial charge on any atom is -0.481 e. The minimum absolute atomic E-state index is 0.104. The molecule has 0 aromatic carbocycles. The highest BCUT2D eigenvalue weighted by Crippen LogP contribution is 2.29. The zero-order valence-corrected chi connectivity index (χ0v) is 10.2. The van der Waals surface area contributed by atoms with Crippen LogP contribution in [0.25, 0.3) is 0 Å². The van der Waals surface area contributed by atoms with Crippen molar-refractivity contribution in [2.45, 2.75) is 25.8 Å². The molecule has 1 amide bonds. The van der Waals surface area contributed by atoms with E-state index >= 15 is 0 Å². The molecular formula is C13H16N2O3. The van der Waals surface area contributed by atoms with E-state index in [2.05, 4.69) is 4.98 Å². The van der Waals surface area contributed by atoms with E-state index in [4.69, 9.17) is 5.11 Å². The molecule has 1 aromatic heterocycles. The smallest absolute Gasteiger partial charge is 0.308 e. The number of hydrogen-bond donors (Lipinski definition) is 1. The molecule has 0 saturated heterocycles. The normalized spacial score (nSPS) is 16.1. The lowest BCUT2D eigenvalue weighted by atomic mass is 10.1. The first-order valence-corrected chi connectivity index (χ1v) is 6.03. The van der Waals surface area contributed by atoms with Crippen LogP contribution in [0.5, 0.6) is 0 Å². The molecule has 1 saturated carbocycles. The number of aromatic nitrogens is 1. The molecule has 1 aliphatic carbocycles. The van der Waals surface area contributed by atoms with Gasteiger partial charge in [-0.3, -0.25) is 14.6 Å². The Balaban J connectivity index is 2.11. The predicted octanol–water partition coefficient (Wildman–Crippen LogP) is 1.41. The number of amides is 1. The summed E-state index contributed by atoms with van der Waals surface area (Å²) in [6, 6.07) is 3.51. The largest absolute Gasteiger partial charge is 0.481 e. The summed E-state index contributed by atoms with van der Waals surface area (Å²) < 4.78 is 0. The maximum atomic E-state index is 12.3. The van der Waals surface area contributed by atoms with E-state index in [0.717, 1.165) is 12.8 Å². The topological polar surface area (TPSA) is 70.5 Å². The van der Waals surface area contributed by atoms with Gasteiger partial charge in [0.2, 0.25) is 0 Å². The number of aliphatic carboxylic acids is 1. The summed E-state index contributed by atoms with van der Waals surface area (Å²) in [6.07, 6.45) is 5.06. The summed E-state index contributed by atoms with van der Waals surface area (Å²) in [6.45, 7) is 1.89. The van der Waals surface area contributed by atoms with E-state index in [9.17, 15) is 9.59 Å². The van der Waals surface area contributed by atoms with Crippen LogP contribution in [0, 0.1) is 5.92 Å². The Morgan fingerprint density at radius 1 is 1.44 bits per heavy atom. The van der Waals surface area contributed by atoms with Crippen LogP contribution >= 0.6 is 0 Å². The van der Waals surface area contributed by atoms with Gasteiger partial charge in [0.05, 0.1) is 5.92 Å². The lowest BCUT2D eigenvalue weighted by Crippen LogP contribution is -2.38. The molecule has 1 N–H and O–H groups in total. The van der Waals surface area contributed by atoms with Crippen molar-refractivity contribution in [2.75, 3.05) is 6.54 Å². The summed E-state index contributed by atoms with van der Waals surface area (Å²) >= 11 is 0. The molecule has 0 aliphatic heterocycles. The fourth-order valence-electron chi connectivity index (χ4n) is 1.82. The fourth-order valence-corrected chi connectivity index (χ4v) is 1.82. The minimum atomic E-state index is -0.872. The molecule has 0 spiro atoms. The van der Waals surface area contributed by atoms with Gasteiger partial charge >= 0.3 is 5.97 Å². The molecule has 18 heavy (non-hydrogen) atoms. The van der Waals surface area contributed by atoms with Crippen LogP contribution in [0.15, 0.2) is 24.5 Å². The molecule has 0 bridgehead atoms. The van der Waals surface area contributed by atoms with E-state index in [1.165, 1.54) is 0 Å². The van der Waals surface area contributed by atoms with Gasteiger partial charge < -0.3 is 10.0 Å². The SMILES string of the molecule is C[C@H](CN(C(=O)c1ccncc1)C1CC1)C(=O)O. The van der Waals surface area contributed by atoms with Gasteiger partial charge in [0.1, 0.15) is 0 Å². The molecule has 1 aromatic rings. The molecule has 0 radical (unpaired) electrons. The number of nitrogens with zero attached hydrogens (tertiary/aromatic N) is 2. The van der Waals surface area contributed by atoms with Gasteiger partial charge in [-0.1, -0.05) is 6.92 Å². The molecule has 1 fully saturated rings. The summed E-state index contributed by atoms with van der Waals surface area (Å²) in [5, 5.41) is 8.94. The second-order valence-corrected chi connectivity index (χ2v) is 4.66. The van der Waals surface area contributed by atoms with Crippen molar-refractivity contribution in [1.82, 2.24) is 9.88 Å². The Kier molecular flexibility index (Phi) is 3.60. The third-order valence-electron chi connectivity index (χ3n) is 3.07. The molecule has 96 valence electrons. The quantitative estimate of drug-likeness (QED) is 0.855. The maximum absolute atomic E-state index is 12.3. The van der Waals surface area contributed by atoms with Gasteiger partial charge in [0.25, 0.3) is 5.91 Å². The monoisotopic (exact) mass is 248 g/mol. The Hall–Kier alpha value is -1.91. The van der Waals surface area contributed by atoms with Crippen LogP contribution < -0.4 is 0 Å². The van der Waals surface area contributed by atoms with Crippen molar-refractivity contribution in [1.29, 1.82) is 0 Å². The van der Waals surface area contributed by atoms with Crippen molar-refractivity contribution < 1.29 is 14.7 Å². The van der Waals surface area contributed by atoms with Gasteiger partial charge in [-0.05, 0) is 25.0 Å². The summed E-state index contributed by atoms with van der Waals surface area (Å²) in [7, 11) is 0. The van der Waals surface area contributed by atoms with Crippen LogP contribution in [0.1, 0.15) is 30.1 Å². The Labute approximate surface area is 105 Å². The van der Waals surface area contributed by atoms with E-state index in [-0.39, 0.29) is 18.5 Å². The van der Waals surface area contributed by atoms with Crippen molar-refractivity contribution in [3.63, 3.8) is 0 Å². The Bertz CT molecular complexity index is 443. The van der Waals surface area contributed by atoms with Gasteiger partial charge in [0, 0.05) is 30.5 Å². The fraction of sp³-hybridized carbons (Fsp3) is 0.462. The number of pyridine rings is 1. The molecule has 2 rings (SSSR count). The van der Waals surface area contributed by atoms with Crippen molar-refractivity contribution >= 4 is 11.9 Å². The van der Waals surface area contributed by atoms with Crippen LogP contribution in [0.3, 0.4) is 0 Å². The third kappa shape index (κ3) is 2.85. The molecule has 1 aliphatic rings. The first-order chi connectivity index (χ1) is 8.59.